The summed E-state index contributed by atoms with van der Waals surface area (Å²) in [4.78, 5) is 14.7. The molecule has 0 amide bonds. The van der Waals surface area contributed by atoms with E-state index in [1.807, 2.05) is 12.3 Å². The minimum Gasteiger partial charge on any atom is -0.356 e. The smallest absolute Gasteiger partial charge is 0.143 e. The molecule has 0 aliphatic carbocycles. The average Bonchev–Trinajstić information content (AvgIpc) is 3.00. The molecule has 22 heavy (non-hydrogen) atoms. The van der Waals surface area contributed by atoms with Crippen LogP contribution in [0.4, 0.5) is 5.82 Å². The third-order valence-corrected chi connectivity index (χ3v) is 4.49. The van der Waals surface area contributed by atoms with E-state index in [1.54, 1.807) is 6.33 Å². The maximum atomic E-state index is 4.62. The highest BCUT2D eigenvalue weighted by molar-refractivity contribution is 6.01. The van der Waals surface area contributed by atoms with Crippen LogP contribution in [-0.2, 0) is 0 Å². The van der Waals surface area contributed by atoms with Crippen molar-refractivity contribution >= 4 is 16.9 Å². The second kappa shape index (κ2) is 5.44. The van der Waals surface area contributed by atoms with Crippen LogP contribution in [0.25, 0.3) is 22.2 Å². The van der Waals surface area contributed by atoms with Crippen molar-refractivity contribution in [1.82, 2.24) is 15.0 Å². The maximum absolute atomic E-state index is 4.62. The molecule has 1 aliphatic heterocycles. The fourth-order valence-corrected chi connectivity index (χ4v) is 3.41. The molecule has 112 valence electrons. The van der Waals surface area contributed by atoms with E-state index < -0.39 is 0 Å². The lowest BCUT2D eigenvalue weighted by Gasteiger charge is -2.32. The van der Waals surface area contributed by atoms with E-state index in [4.69, 9.17) is 0 Å². The summed E-state index contributed by atoms with van der Waals surface area (Å²) in [7, 11) is 0. The predicted molar refractivity (Wildman–Crippen MR) is 89.9 cm³/mol. The third kappa shape index (κ3) is 2.25. The largest absolute Gasteiger partial charge is 0.356 e. The standard InChI is InChI=1S/C18H20N4/c1-13-6-5-9-22(11-13)18-16-15(14-7-3-2-4-8-14)10-19-17(16)20-12-21-18/h2-4,7-8,10,12-13H,5-6,9,11H2,1H3,(H,19,20,21)/t13-/m0/s1. The molecule has 0 unspecified atom stereocenters. The molecule has 1 fully saturated rings. The summed E-state index contributed by atoms with van der Waals surface area (Å²) in [6, 6.07) is 10.5. The fourth-order valence-electron chi connectivity index (χ4n) is 3.41. The molecule has 0 saturated carbocycles. The van der Waals surface area contributed by atoms with Crippen molar-refractivity contribution in [3.63, 3.8) is 0 Å². The van der Waals surface area contributed by atoms with Crippen molar-refractivity contribution in [3.05, 3.63) is 42.9 Å². The quantitative estimate of drug-likeness (QED) is 0.780. The minimum absolute atomic E-state index is 0.720. The highest BCUT2D eigenvalue weighted by Gasteiger charge is 2.22. The number of fused-ring (bicyclic) bond motifs is 1. The minimum atomic E-state index is 0.720. The molecule has 0 bridgehead atoms. The Balaban J connectivity index is 1.86. The fraction of sp³-hybridized carbons (Fsp3) is 0.333. The van der Waals surface area contributed by atoms with Gasteiger partial charge in [-0.3, -0.25) is 0 Å². The van der Waals surface area contributed by atoms with Gasteiger partial charge < -0.3 is 9.88 Å². The molecule has 0 spiro atoms. The van der Waals surface area contributed by atoms with E-state index in [-0.39, 0.29) is 0 Å². The van der Waals surface area contributed by atoms with E-state index in [0.717, 1.165) is 35.9 Å². The number of aromatic amines is 1. The molecule has 1 aliphatic rings. The lowest BCUT2D eigenvalue weighted by molar-refractivity contribution is 0.445. The van der Waals surface area contributed by atoms with Gasteiger partial charge in [0.25, 0.3) is 0 Å². The Morgan fingerprint density at radius 1 is 1.18 bits per heavy atom. The first kappa shape index (κ1) is 13.3. The lowest BCUT2D eigenvalue weighted by atomic mass is 9.99. The topological polar surface area (TPSA) is 44.8 Å². The average molecular weight is 292 g/mol. The number of hydrogen-bond acceptors (Lipinski definition) is 3. The van der Waals surface area contributed by atoms with Crippen LogP contribution in [0.2, 0.25) is 0 Å². The van der Waals surface area contributed by atoms with Crippen LogP contribution >= 0.6 is 0 Å². The van der Waals surface area contributed by atoms with Gasteiger partial charge in [0.05, 0.1) is 5.39 Å². The van der Waals surface area contributed by atoms with E-state index in [9.17, 15) is 0 Å². The Labute approximate surface area is 130 Å². The van der Waals surface area contributed by atoms with Crippen LogP contribution in [0.1, 0.15) is 19.8 Å². The monoisotopic (exact) mass is 292 g/mol. The molecule has 1 saturated heterocycles. The number of hydrogen-bond donors (Lipinski definition) is 1. The molecule has 4 rings (SSSR count). The summed E-state index contributed by atoms with van der Waals surface area (Å²) in [5.41, 5.74) is 3.31. The van der Waals surface area contributed by atoms with Crippen molar-refractivity contribution in [2.75, 3.05) is 18.0 Å². The van der Waals surface area contributed by atoms with Gasteiger partial charge in [0.1, 0.15) is 17.8 Å². The van der Waals surface area contributed by atoms with E-state index >= 15 is 0 Å². The summed E-state index contributed by atoms with van der Waals surface area (Å²) in [5.74, 6) is 1.79. The highest BCUT2D eigenvalue weighted by Crippen LogP contribution is 2.34. The van der Waals surface area contributed by atoms with Crippen LogP contribution in [0.3, 0.4) is 0 Å². The maximum Gasteiger partial charge on any atom is 0.143 e. The first-order valence-electron chi connectivity index (χ1n) is 7.95. The normalized spacial score (nSPS) is 18.8. The van der Waals surface area contributed by atoms with Crippen LogP contribution < -0.4 is 4.90 Å². The second-order valence-electron chi connectivity index (χ2n) is 6.18. The molecular weight excluding hydrogens is 272 g/mol. The van der Waals surface area contributed by atoms with Crippen molar-refractivity contribution in [2.24, 2.45) is 5.92 Å². The zero-order chi connectivity index (χ0) is 14.9. The molecule has 1 atom stereocenters. The van der Waals surface area contributed by atoms with Crippen LogP contribution in [0, 0.1) is 5.92 Å². The van der Waals surface area contributed by atoms with Gasteiger partial charge in [-0.15, -0.1) is 0 Å². The molecule has 1 aromatic carbocycles. The van der Waals surface area contributed by atoms with Crippen LogP contribution in [0.5, 0.6) is 0 Å². The van der Waals surface area contributed by atoms with Crippen molar-refractivity contribution in [2.45, 2.75) is 19.8 Å². The SMILES string of the molecule is C[C@H]1CCCN(c2ncnc3[nH]cc(-c4ccccc4)c23)C1. The van der Waals surface area contributed by atoms with E-state index in [1.165, 1.54) is 24.0 Å². The number of nitrogens with one attached hydrogen (secondary N) is 1. The zero-order valence-corrected chi connectivity index (χ0v) is 12.8. The first-order chi connectivity index (χ1) is 10.8. The van der Waals surface area contributed by atoms with Crippen molar-refractivity contribution in [3.8, 4) is 11.1 Å². The Morgan fingerprint density at radius 2 is 2.05 bits per heavy atom. The Bertz CT molecular complexity index is 778. The van der Waals surface area contributed by atoms with Gasteiger partial charge in [0.2, 0.25) is 0 Å². The highest BCUT2D eigenvalue weighted by atomic mass is 15.2. The molecule has 1 N–H and O–H groups in total. The molecule has 2 aromatic heterocycles. The Kier molecular flexibility index (Phi) is 3.29. The van der Waals surface area contributed by atoms with Gasteiger partial charge >= 0.3 is 0 Å². The number of nitrogens with zero attached hydrogens (tertiary/aromatic N) is 3. The number of H-pyrrole nitrogens is 1. The number of rotatable bonds is 2. The van der Waals surface area contributed by atoms with Crippen LogP contribution in [0.15, 0.2) is 42.9 Å². The summed E-state index contributed by atoms with van der Waals surface area (Å²) in [5, 5.41) is 1.14. The van der Waals surface area contributed by atoms with Gasteiger partial charge in [-0.1, -0.05) is 37.3 Å². The Hall–Kier alpha value is -2.36. The summed E-state index contributed by atoms with van der Waals surface area (Å²) in [6.07, 6.45) is 6.26. The first-order valence-corrected chi connectivity index (χ1v) is 7.95. The molecule has 4 heteroatoms. The zero-order valence-electron chi connectivity index (χ0n) is 12.8. The van der Waals surface area contributed by atoms with E-state index in [2.05, 4.69) is 51.0 Å². The number of aromatic nitrogens is 3. The predicted octanol–water partition coefficient (Wildman–Crippen LogP) is 3.86. The molecule has 3 heterocycles. The lowest BCUT2D eigenvalue weighted by Crippen LogP contribution is -2.35. The molecular formula is C18H20N4. The number of anilines is 1. The van der Waals surface area contributed by atoms with Gasteiger partial charge in [-0.2, -0.15) is 0 Å². The van der Waals surface area contributed by atoms with Gasteiger partial charge in [-0.25, -0.2) is 9.97 Å². The Morgan fingerprint density at radius 3 is 2.86 bits per heavy atom. The molecule has 3 aromatic rings. The van der Waals surface area contributed by atoms with E-state index in [0.29, 0.717) is 0 Å². The number of piperidine rings is 1. The van der Waals surface area contributed by atoms with Crippen LogP contribution in [-0.4, -0.2) is 28.0 Å². The summed E-state index contributed by atoms with van der Waals surface area (Å²) in [6.45, 7) is 4.47. The van der Waals surface area contributed by atoms with Gasteiger partial charge in [-0.05, 0) is 24.3 Å². The summed E-state index contributed by atoms with van der Waals surface area (Å²) >= 11 is 0. The van der Waals surface area contributed by atoms with Gasteiger partial charge in [0, 0.05) is 24.8 Å². The third-order valence-electron chi connectivity index (χ3n) is 4.49. The van der Waals surface area contributed by atoms with Crippen molar-refractivity contribution in [1.29, 1.82) is 0 Å². The van der Waals surface area contributed by atoms with Gasteiger partial charge in [0.15, 0.2) is 0 Å². The molecule has 0 radical (unpaired) electrons. The molecule has 4 nitrogen and oxygen atoms in total. The van der Waals surface area contributed by atoms with Crippen molar-refractivity contribution < 1.29 is 0 Å². The second-order valence-corrected chi connectivity index (χ2v) is 6.18. The number of benzene rings is 1. The summed E-state index contributed by atoms with van der Waals surface area (Å²) < 4.78 is 0.